The Morgan fingerprint density at radius 3 is 1.96 bits per heavy atom. The highest BCUT2D eigenvalue weighted by Crippen LogP contribution is 2.08. The first-order chi connectivity index (χ1) is 10.6. The van der Waals surface area contributed by atoms with Crippen molar-refractivity contribution in [1.82, 2.24) is 0 Å². The van der Waals surface area contributed by atoms with E-state index in [1.165, 1.54) is 12.8 Å². The van der Waals surface area contributed by atoms with Crippen LogP contribution in [0.25, 0.3) is 0 Å². The van der Waals surface area contributed by atoms with E-state index in [0.717, 1.165) is 18.8 Å². The second-order valence-corrected chi connectivity index (χ2v) is 5.64. The maximum Gasteiger partial charge on any atom is 0.333 e. The van der Waals surface area contributed by atoms with Gasteiger partial charge in [0, 0.05) is 11.1 Å². The molecule has 0 radical (unpaired) electrons. The minimum absolute atomic E-state index is 0.270. The van der Waals surface area contributed by atoms with E-state index in [2.05, 4.69) is 27.0 Å². The van der Waals surface area contributed by atoms with Gasteiger partial charge in [0.15, 0.2) is 0 Å². The number of hydrogen-bond acceptors (Lipinski definition) is 4. The average Bonchev–Trinajstić information content (AvgIpc) is 2.41. The summed E-state index contributed by atoms with van der Waals surface area (Å²) in [6.07, 6.45) is 4.08. The molecule has 0 aromatic rings. The van der Waals surface area contributed by atoms with E-state index in [1.54, 1.807) is 6.92 Å². The third-order valence-electron chi connectivity index (χ3n) is 2.67. The number of aliphatic carboxylic acids is 2. The van der Waals surface area contributed by atoms with Crippen molar-refractivity contribution >= 4 is 17.9 Å². The first-order valence-corrected chi connectivity index (χ1v) is 7.53. The fourth-order valence-electron chi connectivity index (χ4n) is 1.38. The molecule has 2 N–H and O–H groups in total. The van der Waals surface area contributed by atoms with Crippen molar-refractivity contribution in [3.8, 4) is 0 Å². The number of rotatable bonds is 10. The summed E-state index contributed by atoms with van der Waals surface area (Å²) in [6, 6.07) is 0. The number of carboxylic acids is 2. The molecule has 0 aromatic heterocycles. The van der Waals surface area contributed by atoms with Gasteiger partial charge in [-0.15, -0.1) is 0 Å². The zero-order valence-electron chi connectivity index (χ0n) is 14.3. The lowest BCUT2D eigenvalue weighted by Gasteiger charge is -2.05. The Bertz CT molecular complexity index is 423. The topological polar surface area (TPSA) is 101 Å². The normalized spacial score (nSPS) is 9.57. The zero-order chi connectivity index (χ0) is 18.4. The summed E-state index contributed by atoms with van der Waals surface area (Å²) in [4.78, 5) is 30.6. The molecule has 6 heteroatoms. The molecule has 0 aromatic carbocycles. The van der Waals surface area contributed by atoms with Crippen LogP contribution in [-0.2, 0) is 19.1 Å². The molecule has 0 saturated carbocycles. The Morgan fingerprint density at radius 2 is 1.61 bits per heavy atom. The molecule has 0 aliphatic heterocycles. The molecule has 0 spiro atoms. The summed E-state index contributed by atoms with van der Waals surface area (Å²) in [5.74, 6) is -1.94. The summed E-state index contributed by atoms with van der Waals surface area (Å²) < 4.78 is 4.97. The van der Waals surface area contributed by atoms with Crippen LogP contribution in [0.15, 0.2) is 24.3 Å². The monoisotopic (exact) mass is 328 g/mol. The fraction of sp³-hybridized carbons (Fsp3) is 0.588. The van der Waals surface area contributed by atoms with Crippen molar-refractivity contribution in [1.29, 1.82) is 0 Å². The van der Waals surface area contributed by atoms with E-state index in [9.17, 15) is 14.4 Å². The van der Waals surface area contributed by atoms with Crippen LogP contribution in [0, 0.1) is 5.92 Å². The molecular formula is C17H28O6. The number of unbranched alkanes of at least 4 members (excludes halogenated alkanes) is 2. The molecule has 132 valence electrons. The van der Waals surface area contributed by atoms with Crippen molar-refractivity contribution in [3.05, 3.63) is 24.3 Å². The Hall–Kier alpha value is -2.11. The van der Waals surface area contributed by atoms with E-state index < -0.39 is 18.4 Å². The average molecular weight is 328 g/mol. The summed E-state index contributed by atoms with van der Waals surface area (Å²) in [5.41, 5.74) is 0.176. The Balaban J connectivity index is 0. The van der Waals surface area contributed by atoms with Crippen LogP contribution in [0.3, 0.4) is 0 Å². The number of hydrogen-bond donors (Lipinski definition) is 2. The molecule has 0 fully saturated rings. The van der Waals surface area contributed by atoms with Gasteiger partial charge in [-0.2, -0.15) is 0 Å². The first-order valence-electron chi connectivity index (χ1n) is 7.53. The van der Waals surface area contributed by atoms with Gasteiger partial charge in [0.25, 0.3) is 0 Å². The molecule has 0 aliphatic carbocycles. The maximum absolute atomic E-state index is 11.0. The lowest BCUT2D eigenvalue weighted by Crippen LogP contribution is -2.06. The third kappa shape index (κ3) is 17.8. The summed E-state index contributed by atoms with van der Waals surface area (Å²) in [5, 5.41) is 16.1. The number of esters is 1. The second-order valence-electron chi connectivity index (χ2n) is 5.64. The summed E-state index contributed by atoms with van der Waals surface area (Å²) in [7, 11) is 0. The molecule has 0 saturated heterocycles. The van der Waals surface area contributed by atoms with Crippen LogP contribution in [0.1, 0.15) is 52.9 Å². The molecule has 0 atom stereocenters. The van der Waals surface area contributed by atoms with Crippen molar-refractivity contribution in [2.24, 2.45) is 5.92 Å². The summed E-state index contributed by atoms with van der Waals surface area (Å²) in [6.45, 7) is 13.2. The van der Waals surface area contributed by atoms with Crippen LogP contribution in [0.5, 0.6) is 0 Å². The quantitative estimate of drug-likeness (QED) is 0.362. The van der Waals surface area contributed by atoms with Crippen molar-refractivity contribution in [3.63, 3.8) is 0 Å². The van der Waals surface area contributed by atoms with Gasteiger partial charge in [0.2, 0.25) is 0 Å². The van der Waals surface area contributed by atoms with E-state index in [1.807, 2.05) is 0 Å². The number of carbonyl (C=O) groups is 3. The minimum atomic E-state index is -1.27. The molecular weight excluding hydrogens is 300 g/mol. The minimum Gasteiger partial charge on any atom is -0.481 e. The molecule has 0 unspecified atom stereocenters. The van der Waals surface area contributed by atoms with Crippen LogP contribution in [0.2, 0.25) is 0 Å². The van der Waals surface area contributed by atoms with E-state index >= 15 is 0 Å². The number of ether oxygens (including phenoxy) is 1. The van der Waals surface area contributed by atoms with E-state index in [0.29, 0.717) is 12.2 Å². The van der Waals surface area contributed by atoms with Gasteiger partial charge >= 0.3 is 17.9 Å². The molecule has 0 amide bonds. The summed E-state index contributed by atoms with van der Waals surface area (Å²) >= 11 is 0. The third-order valence-corrected chi connectivity index (χ3v) is 2.67. The molecule has 0 aliphatic rings. The van der Waals surface area contributed by atoms with Crippen LogP contribution >= 0.6 is 0 Å². The van der Waals surface area contributed by atoms with Crippen LogP contribution in [-0.4, -0.2) is 34.7 Å². The van der Waals surface area contributed by atoms with Gasteiger partial charge in [-0.3, -0.25) is 4.79 Å². The fourth-order valence-corrected chi connectivity index (χ4v) is 1.38. The van der Waals surface area contributed by atoms with Gasteiger partial charge in [-0.1, -0.05) is 46.3 Å². The number of carbonyl (C=O) groups excluding carboxylic acids is 1. The molecule has 0 heterocycles. The lowest BCUT2D eigenvalue weighted by atomic mass is 10.1. The first kappa shape index (κ1) is 23.2. The van der Waals surface area contributed by atoms with E-state index in [-0.39, 0.29) is 11.5 Å². The Labute approximate surface area is 137 Å². The van der Waals surface area contributed by atoms with Crippen molar-refractivity contribution in [2.75, 3.05) is 6.61 Å². The number of carboxylic acid groups (broad SMARTS) is 2. The SMILES string of the molecule is C=C(C)C(=O)OCCCCCC(C)C.C=C(CC(=O)O)C(=O)O. The zero-order valence-corrected chi connectivity index (χ0v) is 14.3. The molecule has 23 heavy (non-hydrogen) atoms. The highest BCUT2D eigenvalue weighted by molar-refractivity contribution is 5.91. The van der Waals surface area contributed by atoms with Gasteiger partial charge in [-0.05, 0) is 19.3 Å². The predicted octanol–water partition coefficient (Wildman–Crippen LogP) is 3.42. The molecule has 0 bridgehead atoms. The van der Waals surface area contributed by atoms with Crippen molar-refractivity contribution < 1.29 is 29.3 Å². The molecule has 6 nitrogen and oxygen atoms in total. The van der Waals surface area contributed by atoms with Gasteiger partial charge in [0.1, 0.15) is 0 Å². The smallest absolute Gasteiger partial charge is 0.333 e. The second kappa shape index (κ2) is 13.5. The highest BCUT2D eigenvalue weighted by Gasteiger charge is 2.07. The Kier molecular flexibility index (Phi) is 13.6. The lowest BCUT2D eigenvalue weighted by molar-refractivity contribution is -0.139. The van der Waals surface area contributed by atoms with Crippen molar-refractivity contribution in [2.45, 2.75) is 52.9 Å². The largest absolute Gasteiger partial charge is 0.481 e. The standard InChI is InChI=1S/C12H22O2.C5H6O4/c1-10(2)8-6-5-7-9-14-12(13)11(3)4;1-3(5(8)9)2-4(6)7/h10H,3,5-9H2,1-2,4H3;1-2H2,(H,6,7)(H,8,9). The maximum atomic E-state index is 11.0. The predicted molar refractivity (Wildman–Crippen MR) is 88.1 cm³/mol. The molecule has 0 rings (SSSR count). The van der Waals surface area contributed by atoms with Crippen LogP contribution in [0.4, 0.5) is 0 Å². The Morgan fingerprint density at radius 1 is 1.04 bits per heavy atom. The van der Waals surface area contributed by atoms with Gasteiger partial charge in [-0.25, -0.2) is 9.59 Å². The highest BCUT2D eigenvalue weighted by atomic mass is 16.5. The van der Waals surface area contributed by atoms with Gasteiger partial charge in [0.05, 0.1) is 13.0 Å². The van der Waals surface area contributed by atoms with E-state index in [4.69, 9.17) is 14.9 Å². The van der Waals surface area contributed by atoms with Crippen LogP contribution < -0.4 is 0 Å². The van der Waals surface area contributed by atoms with Gasteiger partial charge < -0.3 is 14.9 Å².